The van der Waals surface area contributed by atoms with Gasteiger partial charge in [0.2, 0.25) is 0 Å². The number of carbonyl (C=O) groups is 2. The molecule has 11 heteroatoms. The highest BCUT2D eigenvalue weighted by Crippen LogP contribution is 2.33. The van der Waals surface area contributed by atoms with Gasteiger partial charge >= 0.3 is 5.97 Å². The van der Waals surface area contributed by atoms with E-state index >= 15 is 0 Å². The number of hydrogen-bond donors (Lipinski definition) is 3. The minimum Gasteiger partial charge on any atom is -0.462 e. The molecular weight excluding hydrogens is 488 g/mol. The summed E-state index contributed by atoms with van der Waals surface area (Å²) < 4.78 is 6.04. The van der Waals surface area contributed by atoms with E-state index in [4.69, 9.17) is 21.3 Å². The van der Waals surface area contributed by atoms with Crippen molar-refractivity contribution >= 4 is 50.2 Å². The van der Waals surface area contributed by atoms with Crippen LogP contribution in [0.1, 0.15) is 60.8 Å². The smallest absolute Gasteiger partial charge is 0.339 e. The summed E-state index contributed by atoms with van der Waals surface area (Å²) in [6.07, 6.45) is 1.40. The Morgan fingerprint density at radius 2 is 2.09 bits per heavy atom. The molecule has 1 saturated heterocycles. The maximum absolute atomic E-state index is 12.9. The molecule has 2 unspecified atom stereocenters. The van der Waals surface area contributed by atoms with Crippen LogP contribution in [0.5, 0.6) is 0 Å². The van der Waals surface area contributed by atoms with Crippen molar-refractivity contribution in [2.75, 3.05) is 24.6 Å². The number of rotatable bonds is 8. The van der Waals surface area contributed by atoms with Crippen LogP contribution in [0.15, 0.2) is 18.2 Å². The Hall–Kier alpha value is -2.69. The van der Waals surface area contributed by atoms with Crippen molar-refractivity contribution in [3.05, 3.63) is 40.4 Å². The third-order valence-corrected chi connectivity index (χ3v) is 7.42. The van der Waals surface area contributed by atoms with Gasteiger partial charge < -0.3 is 25.3 Å². The molecule has 0 bridgehead atoms. The predicted octanol–water partition coefficient (Wildman–Crippen LogP) is 3.79. The molecule has 0 radical (unpaired) electrons. The molecule has 1 aromatic carbocycles. The van der Waals surface area contributed by atoms with Gasteiger partial charge in [-0.2, -0.15) is 0 Å². The first-order valence-corrected chi connectivity index (χ1v) is 13.1. The van der Waals surface area contributed by atoms with Crippen LogP contribution in [0, 0.1) is 0 Å². The summed E-state index contributed by atoms with van der Waals surface area (Å²) in [6, 6.07) is 5.66. The maximum Gasteiger partial charge on any atom is 0.339 e. The number of fused-ring (bicyclic) bond motifs is 1. The van der Waals surface area contributed by atoms with Crippen LogP contribution in [0.3, 0.4) is 0 Å². The minimum atomic E-state index is -0.335. The topological polar surface area (TPSA) is 112 Å². The molecule has 3 N–H and O–H groups in total. The maximum atomic E-state index is 12.9. The quantitative estimate of drug-likeness (QED) is 0.389. The number of nitrogens with zero attached hydrogens (tertiary/aromatic N) is 3. The molecule has 9 nitrogen and oxygen atoms in total. The summed E-state index contributed by atoms with van der Waals surface area (Å²) in [5.41, 5.74) is 2.07. The molecule has 1 aliphatic rings. The van der Waals surface area contributed by atoms with Gasteiger partial charge in [0.05, 0.1) is 28.1 Å². The molecule has 35 heavy (non-hydrogen) atoms. The highest BCUT2D eigenvalue weighted by molar-refractivity contribution is 7.22. The van der Waals surface area contributed by atoms with Gasteiger partial charge in [0.15, 0.2) is 16.1 Å². The number of carbonyl (C=O) groups excluding carboxylic acids is 2. The molecule has 0 spiro atoms. The molecule has 4 rings (SSSR count). The Bertz CT molecular complexity index is 1210. The summed E-state index contributed by atoms with van der Waals surface area (Å²) >= 11 is 7.62. The Balaban J connectivity index is 1.52. The molecule has 1 fully saturated rings. The van der Waals surface area contributed by atoms with Crippen molar-refractivity contribution < 1.29 is 14.3 Å². The van der Waals surface area contributed by atoms with Crippen LogP contribution in [-0.2, 0) is 11.2 Å². The van der Waals surface area contributed by atoms with E-state index in [-0.39, 0.29) is 35.8 Å². The van der Waals surface area contributed by atoms with Gasteiger partial charge in [-0.15, -0.1) is 0 Å². The van der Waals surface area contributed by atoms with E-state index in [1.54, 1.807) is 13.0 Å². The minimum absolute atomic E-state index is 0.000295. The first-order valence-electron chi connectivity index (χ1n) is 11.9. The van der Waals surface area contributed by atoms with E-state index in [1.165, 1.54) is 11.3 Å². The van der Waals surface area contributed by atoms with Gasteiger partial charge in [0, 0.05) is 31.2 Å². The first kappa shape index (κ1) is 25.4. The largest absolute Gasteiger partial charge is 0.462 e. The van der Waals surface area contributed by atoms with Crippen molar-refractivity contribution in [1.82, 2.24) is 25.6 Å². The van der Waals surface area contributed by atoms with Crippen LogP contribution in [0.25, 0.3) is 10.2 Å². The zero-order valence-corrected chi connectivity index (χ0v) is 21.9. The van der Waals surface area contributed by atoms with Gasteiger partial charge in [0.1, 0.15) is 0 Å². The number of anilines is 1. The number of H-pyrrole nitrogens is 1. The van der Waals surface area contributed by atoms with Gasteiger partial charge in [-0.3, -0.25) is 4.79 Å². The van der Waals surface area contributed by atoms with E-state index < -0.39 is 0 Å². The molecule has 0 aliphatic carbocycles. The SMILES string of the molecule is CCOC(=O)c1cccc2nc(N3CCC(NC(=O)c4nc(Cl)c(CC)[nH]4)C(NC(C)C)C3)sc12. The summed E-state index contributed by atoms with van der Waals surface area (Å²) in [4.78, 5) is 39.5. The highest BCUT2D eigenvalue weighted by Gasteiger charge is 2.33. The normalized spacial score (nSPS) is 18.3. The Morgan fingerprint density at radius 3 is 2.77 bits per heavy atom. The molecule has 1 aliphatic heterocycles. The number of amides is 1. The summed E-state index contributed by atoms with van der Waals surface area (Å²) in [6.45, 7) is 9.63. The van der Waals surface area contributed by atoms with Crippen LogP contribution in [0.4, 0.5) is 5.13 Å². The Morgan fingerprint density at radius 1 is 1.29 bits per heavy atom. The molecular formula is C24H31ClN6O3S. The van der Waals surface area contributed by atoms with Gasteiger partial charge in [-0.05, 0) is 31.9 Å². The van der Waals surface area contributed by atoms with E-state index in [2.05, 4.69) is 39.3 Å². The number of aromatic nitrogens is 3. The number of thiazole rings is 1. The molecule has 2 atom stereocenters. The number of hydrogen-bond acceptors (Lipinski definition) is 8. The second-order valence-corrected chi connectivity index (χ2v) is 10.2. The molecule has 2 aromatic heterocycles. The highest BCUT2D eigenvalue weighted by atomic mass is 35.5. The number of ether oxygens (including phenoxy) is 1. The monoisotopic (exact) mass is 518 g/mol. The number of aromatic amines is 1. The number of nitrogens with one attached hydrogen (secondary N) is 3. The lowest BCUT2D eigenvalue weighted by atomic mass is 9.98. The van der Waals surface area contributed by atoms with Crippen LogP contribution < -0.4 is 15.5 Å². The summed E-state index contributed by atoms with van der Waals surface area (Å²) in [5.74, 6) is -0.367. The van der Waals surface area contributed by atoms with Crippen molar-refractivity contribution in [3.8, 4) is 0 Å². The molecule has 3 aromatic rings. The summed E-state index contributed by atoms with van der Waals surface area (Å²) in [7, 11) is 0. The average Bonchev–Trinajstić information content (AvgIpc) is 3.43. The molecule has 3 heterocycles. The second kappa shape index (κ2) is 10.9. The number of esters is 1. The number of halogens is 1. The van der Waals surface area contributed by atoms with E-state index in [9.17, 15) is 9.59 Å². The zero-order valence-electron chi connectivity index (χ0n) is 20.4. The van der Waals surface area contributed by atoms with Gasteiger partial charge in [-0.1, -0.05) is 49.8 Å². The van der Waals surface area contributed by atoms with Crippen molar-refractivity contribution in [3.63, 3.8) is 0 Å². The van der Waals surface area contributed by atoms with Crippen LogP contribution >= 0.6 is 22.9 Å². The lowest BCUT2D eigenvalue weighted by Gasteiger charge is -2.40. The predicted molar refractivity (Wildman–Crippen MR) is 139 cm³/mol. The average molecular weight is 519 g/mol. The lowest BCUT2D eigenvalue weighted by molar-refractivity contribution is 0.0528. The van der Waals surface area contributed by atoms with Crippen LogP contribution in [0.2, 0.25) is 5.15 Å². The van der Waals surface area contributed by atoms with Crippen molar-refractivity contribution in [1.29, 1.82) is 0 Å². The fourth-order valence-corrected chi connectivity index (χ4v) is 5.67. The van der Waals surface area contributed by atoms with E-state index in [0.29, 0.717) is 30.3 Å². The van der Waals surface area contributed by atoms with Gasteiger partial charge in [0.25, 0.3) is 5.91 Å². The Kier molecular flexibility index (Phi) is 7.93. The number of aryl methyl sites for hydroxylation is 1. The number of piperidine rings is 1. The molecule has 0 saturated carbocycles. The fourth-order valence-electron chi connectivity index (χ4n) is 4.30. The lowest BCUT2D eigenvalue weighted by Crippen LogP contribution is -2.60. The molecule has 1 amide bonds. The standard InChI is InChI=1S/C24H31ClN6O3S/c1-5-15-20(25)30-21(27-15)22(32)28-16-10-11-31(12-18(16)26-13(3)4)24-29-17-9-7-8-14(19(17)35-24)23(33)34-6-2/h7-9,13,16,18,26H,5-6,10-12H2,1-4H3,(H,27,30)(H,28,32). The number of imidazole rings is 1. The van der Waals surface area contributed by atoms with Crippen LogP contribution in [-0.4, -0.2) is 64.7 Å². The fraction of sp³-hybridized carbons (Fsp3) is 0.500. The first-order chi connectivity index (χ1) is 16.8. The Labute approximate surface area is 213 Å². The van der Waals surface area contributed by atoms with Crippen molar-refractivity contribution in [2.24, 2.45) is 0 Å². The van der Waals surface area contributed by atoms with Gasteiger partial charge in [-0.25, -0.2) is 14.8 Å². The second-order valence-electron chi connectivity index (χ2n) is 8.82. The zero-order chi connectivity index (χ0) is 25.1. The number of benzene rings is 1. The third-order valence-electron chi connectivity index (χ3n) is 5.94. The molecule has 188 valence electrons. The van der Waals surface area contributed by atoms with E-state index in [0.717, 1.165) is 34.0 Å². The van der Waals surface area contributed by atoms with E-state index in [1.807, 2.05) is 19.1 Å². The third kappa shape index (κ3) is 5.60. The summed E-state index contributed by atoms with van der Waals surface area (Å²) in [5, 5.41) is 7.90. The van der Waals surface area contributed by atoms with Crippen molar-refractivity contribution in [2.45, 2.75) is 58.7 Å².